The molecule has 1 heterocycles. The SMILES string of the molecule is CC(C)C(C)(C)CCOC(C)(C)CCOC(=O)COCC(=O)ON1C(=O)CCC1=O. The largest absolute Gasteiger partial charge is 0.464 e. The lowest BCUT2D eigenvalue weighted by molar-refractivity contribution is -0.200. The molecule has 0 atom stereocenters. The molecule has 172 valence electrons. The van der Waals surface area contributed by atoms with Crippen LogP contribution in [0.2, 0.25) is 0 Å². The van der Waals surface area contributed by atoms with Crippen LogP contribution in [0.5, 0.6) is 0 Å². The maximum Gasteiger partial charge on any atom is 0.358 e. The monoisotopic (exact) mass is 429 g/mol. The van der Waals surface area contributed by atoms with Crippen LogP contribution < -0.4 is 0 Å². The second-order valence-electron chi connectivity index (χ2n) is 9.01. The Morgan fingerprint density at radius 1 is 0.933 bits per heavy atom. The number of hydrogen-bond donors (Lipinski definition) is 0. The molecule has 30 heavy (non-hydrogen) atoms. The smallest absolute Gasteiger partial charge is 0.358 e. The molecule has 1 aliphatic heterocycles. The molecule has 0 radical (unpaired) electrons. The molecule has 0 aromatic carbocycles. The molecule has 0 unspecified atom stereocenters. The summed E-state index contributed by atoms with van der Waals surface area (Å²) in [4.78, 5) is 50.6. The first kappa shape index (κ1) is 26.0. The Morgan fingerprint density at radius 2 is 1.50 bits per heavy atom. The van der Waals surface area contributed by atoms with Crippen LogP contribution in [0.3, 0.4) is 0 Å². The molecule has 0 bridgehead atoms. The number of hydrogen-bond acceptors (Lipinski definition) is 8. The molecule has 1 saturated heterocycles. The molecule has 1 rings (SSSR count). The van der Waals surface area contributed by atoms with Crippen molar-refractivity contribution < 1.29 is 38.2 Å². The quantitative estimate of drug-likeness (QED) is 0.324. The predicted molar refractivity (Wildman–Crippen MR) is 107 cm³/mol. The summed E-state index contributed by atoms with van der Waals surface area (Å²) in [6.07, 6.45) is 1.47. The fourth-order valence-corrected chi connectivity index (χ4v) is 2.41. The molecular formula is C21H35NO8. The van der Waals surface area contributed by atoms with Gasteiger partial charge in [0.2, 0.25) is 0 Å². The van der Waals surface area contributed by atoms with Crippen LogP contribution in [-0.4, -0.2) is 60.8 Å². The van der Waals surface area contributed by atoms with E-state index in [1.165, 1.54) is 0 Å². The number of nitrogens with zero attached hydrogens (tertiary/aromatic N) is 1. The first-order valence-corrected chi connectivity index (χ1v) is 10.3. The fraction of sp³-hybridized carbons (Fsp3) is 0.810. The average Bonchev–Trinajstić information content (AvgIpc) is 2.93. The van der Waals surface area contributed by atoms with E-state index in [-0.39, 0.29) is 24.9 Å². The van der Waals surface area contributed by atoms with Crippen LogP contribution in [0.4, 0.5) is 0 Å². The van der Waals surface area contributed by atoms with Crippen molar-refractivity contribution in [3.05, 3.63) is 0 Å². The van der Waals surface area contributed by atoms with E-state index < -0.39 is 42.6 Å². The lowest BCUT2D eigenvalue weighted by atomic mass is 9.78. The normalized spacial score (nSPS) is 15.1. The highest BCUT2D eigenvalue weighted by atomic mass is 16.7. The van der Waals surface area contributed by atoms with Gasteiger partial charge in [-0.05, 0) is 31.6 Å². The fourth-order valence-electron chi connectivity index (χ4n) is 2.41. The second-order valence-corrected chi connectivity index (χ2v) is 9.01. The molecule has 1 fully saturated rings. The van der Waals surface area contributed by atoms with Gasteiger partial charge in [-0.3, -0.25) is 9.59 Å². The maximum absolute atomic E-state index is 11.7. The number of carbonyl (C=O) groups excluding carboxylic acids is 4. The molecule has 2 amide bonds. The summed E-state index contributed by atoms with van der Waals surface area (Å²) < 4.78 is 16.0. The van der Waals surface area contributed by atoms with E-state index in [1.54, 1.807) is 0 Å². The minimum atomic E-state index is -0.940. The van der Waals surface area contributed by atoms with Crippen molar-refractivity contribution in [2.24, 2.45) is 11.3 Å². The first-order valence-electron chi connectivity index (χ1n) is 10.3. The van der Waals surface area contributed by atoms with Crippen molar-refractivity contribution in [1.29, 1.82) is 0 Å². The summed E-state index contributed by atoms with van der Waals surface area (Å²) in [5, 5.41) is 0.425. The highest BCUT2D eigenvalue weighted by Gasteiger charge is 2.32. The highest BCUT2D eigenvalue weighted by molar-refractivity contribution is 6.01. The molecule has 9 nitrogen and oxygen atoms in total. The van der Waals surface area contributed by atoms with E-state index >= 15 is 0 Å². The Morgan fingerprint density at radius 3 is 2.07 bits per heavy atom. The van der Waals surface area contributed by atoms with Gasteiger partial charge in [-0.25, -0.2) is 9.59 Å². The standard InChI is InChI=1S/C21H35NO8/c1-15(2)20(3,4)9-12-29-21(5,6)10-11-28-18(25)13-27-14-19(26)30-22-16(23)7-8-17(22)24/h15H,7-14H2,1-6H3. The topological polar surface area (TPSA) is 108 Å². The summed E-state index contributed by atoms with van der Waals surface area (Å²) in [6, 6.07) is 0. The van der Waals surface area contributed by atoms with Gasteiger partial charge in [-0.2, -0.15) is 0 Å². The summed E-state index contributed by atoms with van der Waals surface area (Å²) in [5.41, 5.74) is -0.247. The molecule has 0 spiro atoms. The summed E-state index contributed by atoms with van der Waals surface area (Å²) in [7, 11) is 0. The Labute approximate surface area is 178 Å². The van der Waals surface area contributed by atoms with Crippen molar-refractivity contribution in [2.75, 3.05) is 26.4 Å². The third kappa shape index (κ3) is 9.21. The van der Waals surface area contributed by atoms with Crippen molar-refractivity contribution in [3.8, 4) is 0 Å². The summed E-state index contributed by atoms with van der Waals surface area (Å²) in [5.74, 6) is -2.17. The zero-order valence-electron chi connectivity index (χ0n) is 18.9. The lowest BCUT2D eigenvalue weighted by Crippen LogP contribution is -2.34. The van der Waals surface area contributed by atoms with Crippen molar-refractivity contribution in [3.63, 3.8) is 0 Å². The van der Waals surface area contributed by atoms with Gasteiger partial charge in [-0.15, -0.1) is 5.06 Å². The molecule has 0 aromatic rings. The molecule has 9 heteroatoms. The minimum absolute atomic E-state index is 0.00878. The minimum Gasteiger partial charge on any atom is -0.464 e. The van der Waals surface area contributed by atoms with Gasteiger partial charge >= 0.3 is 11.9 Å². The predicted octanol–water partition coefficient (Wildman–Crippen LogP) is 2.41. The van der Waals surface area contributed by atoms with E-state index in [2.05, 4.69) is 32.5 Å². The van der Waals surface area contributed by atoms with Crippen LogP contribution in [0.25, 0.3) is 0 Å². The third-order valence-corrected chi connectivity index (χ3v) is 5.41. The number of carbonyl (C=O) groups is 4. The Bertz CT molecular complexity index is 610. The summed E-state index contributed by atoms with van der Waals surface area (Å²) >= 11 is 0. The number of amides is 2. The van der Waals surface area contributed by atoms with Gasteiger partial charge in [-0.1, -0.05) is 27.7 Å². The lowest BCUT2D eigenvalue weighted by Gasteiger charge is -2.32. The van der Waals surface area contributed by atoms with Gasteiger partial charge in [0.15, 0.2) is 0 Å². The van der Waals surface area contributed by atoms with E-state index in [0.29, 0.717) is 24.0 Å². The zero-order valence-corrected chi connectivity index (χ0v) is 18.9. The second kappa shape index (κ2) is 11.4. The number of ether oxygens (including phenoxy) is 3. The van der Waals surface area contributed by atoms with Crippen molar-refractivity contribution in [1.82, 2.24) is 5.06 Å². The van der Waals surface area contributed by atoms with Crippen molar-refractivity contribution in [2.45, 2.75) is 72.8 Å². The first-order chi connectivity index (χ1) is 13.8. The number of hydroxylamine groups is 2. The van der Waals surface area contributed by atoms with Crippen molar-refractivity contribution >= 4 is 23.8 Å². The Balaban J connectivity index is 2.18. The van der Waals surface area contributed by atoms with Gasteiger partial charge in [0, 0.05) is 25.9 Å². The average molecular weight is 430 g/mol. The highest BCUT2D eigenvalue weighted by Crippen LogP contribution is 2.30. The zero-order chi connectivity index (χ0) is 22.9. The molecular weight excluding hydrogens is 394 g/mol. The van der Waals surface area contributed by atoms with E-state index in [9.17, 15) is 19.2 Å². The van der Waals surface area contributed by atoms with E-state index in [4.69, 9.17) is 14.2 Å². The van der Waals surface area contributed by atoms with Crippen LogP contribution in [0.15, 0.2) is 0 Å². The number of imide groups is 1. The Hall–Kier alpha value is -2.00. The van der Waals surface area contributed by atoms with Crippen LogP contribution >= 0.6 is 0 Å². The van der Waals surface area contributed by atoms with Gasteiger partial charge in [0.05, 0.1) is 12.2 Å². The molecule has 0 saturated carbocycles. The van der Waals surface area contributed by atoms with Crippen LogP contribution in [0.1, 0.15) is 67.2 Å². The van der Waals surface area contributed by atoms with Gasteiger partial charge < -0.3 is 19.0 Å². The summed E-state index contributed by atoms with van der Waals surface area (Å²) in [6.45, 7) is 12.5. The van der Waals surface area contributed by atoms with Crippen LogP contribution in [-0.2, 0) is 38.2 Å². The van der Waals surface area contributed by atoms with Gasteiger partial charge in [0.25, 0.3) is 11.8 Å². The third-order valence-electron chi connectivity index (χ3n) is 5.41. The van der Waals surface area contributed by atoms with Gasteiger partial charge in [0.1, 0.15) is 13.2 Å². The molecule has 1 aliphatic rings. The maximum atomic E-state index is 11.7. The van der Waals surface area contributed by atoms with E-state index in [0.717, 1.165) is 6.42 Å². The number of rotatable bonds is 13. The molecule has 0 aliphatic carbocycles. The number of esters is 1. The Kier molecular flexibility index (Phi) is 9.90. The molecule has 0 N–H and O–H groups in total. The molecule has 0 aromatic heterocycles. The van der Waals surface area contributed by atoms with E-state index in [1.807, 2.05) is 13.8 Å². The van der Waals surface area contributed by atoms with Crippen LogP contribution in [0, 0.1) is 11.3 Å².